The van der Waals surface area contributed by atoms with E-state index in [0.29, 0.717) is 0 Å². The van der Waals surface area contributed by atoms with Crippen molar-refractivity contribution in [1.82, 2.24) is 0 Å². The Labute approximate surface area is 76.8 Å². The van der Waals surface area contributed by atoms with Gasteiger partial charge in [0.15, 0.2) is 11.1 Å². The summed E-state index contributed by atoms with van der Waals surface area (Å²) in [7, 11) is 0. The molecule has 1 rings (SSSR count). The molecule has 5 nitrogen and oxygen atoms in total. The molecule has 0 aliphatic rings. The Morgan fingerprint density at radius 2 is 2.15 bits per heavy atom. The molecule has 0 saturated heterocycles. The van der Waals surface area contributed by atoms with E-state index in [-0.39, 0.29) is 16.1 Å². The van der Waals surface area contributed by atoms with Crippen molar-refractivity contribution in [3.8, 4) is 0 Å². The summed E-state index contributed by atoms with van der Waals surface area (Å²) in [4.78, 5) is 9.92. The van der Waals surface area contributed by atoms with Crippen molar-refractivity contribution < 1.29 is 13.7 Å². The highest BCUT2D eigenvalue weighted by atomic mass is 32.2. The van der Waals surface area contributed by atoms with Gasteiger partial charge in [-0.15, -0.1) is 0 Å². The summed E-state index contributed by atoms with van der Waals surface area (Å²) in [5.41, 5.74) is 0.0910. The normalized spacial score (nSPS) is 12.5. The van der Waals surface area contributed by atoms with Gasteiger partial charge in [0, 0.05) is 11.6 Å². The number of nitro benzene ring substituents is 1. The largest absolute Gasteiger partial charge is 0.302 e. The van der Waals surface area contributed by atoms with Gasteiger partial charge in [-0.1, -0.05) is 6.07 Å². The first-order valence-corrected chi connectivity index (χ1v) is 4.49. The van der Waals surface area contributed by atoms with Crippen LogP contribution in [0, 0.1) is 17.0 Å². The van der Waals surface area contributed by atoms with Crippen LogP contribution < -0.4 is 0 Å². The molecule has 1 aromatic rings. The van der Waals surface area contributed by atoms with Gasteiger partial charge in [0.1, 0.15) is 0 Å². The van der Waals surface area contributed by atoms with Crippen molar-refractivity contribution in [1.29, 1.82) is 0 Å². The predicted octanol–water partition coefficient (Wildman–Crippen LogP) is 1.48. The van der Waals surface area contributed by atoms with E-state index in [1.807, 2.05) is 0 Å². The zero-order valence-electron chi connectivity index (χ0n) is 6.76. The van der Waals surface area contributed by atoms with Crippen LogP contribution in [0.25, 0.3) is 0 Å². The first kappa shape index (κ1) is 9.82. The Kier molecular flexibility index (Phi) is 2.74. The number of hydrogen-bond acceptors (Lipinski definition) is 3. The molecule has 1 atom stereocenters. The van der Waals surface area contributed by atoms with Crippen molar-refractivity contribution in [2.24, 2.45) is 0 Å². The molecule has 0 aliphatic heterocycles. The molecule has 1 aromatic carbocycles. The van der Waals surface area contributed by atoms with Crippen LogP contribution in [0.4, 0.5) is 5.69 Å². The van der Waals surface area contributed by atoms with Crippen molar-refractivity contribution in [3.05, 3.63) is 33.9 Å². The maximum Gasteiger partial charge on any atom is 0.273 e. The average Bonchev–Trinajstić information content (AvgIpc) is 2.03. The first-order chi connectivity index (χ1) is 6.04. The summed E-state index contributed by atoms with van der Waals surface area (Å²) in [6.07, 6.45) is 0. The molecule has 13 heavy (non-hydrogen) atoms. The van der Waals surface area contributed by atoms with E-state index in [2.05, 4.69) is 0 Å². The average molecular weight is 201 g/mol. The SMILES string of the molecule is Cc1c([N+](=O)[O-])cccc1S(=O)O. The van der Waals surface area contributed by atoms with Gasteiger partial charge in [-0.3, -0.25) is 10.1 Å². The number of rotatable bonds is 2. The van der Waals surface area contributed by atoms with Crippen LogP contribution in [0.15, 0.2) is 23.1 Å². The van der Waals surface area contributed by atoms with Gasteiger partial charge in [0.2, 0.25) is 0 Å². The topological polar surface area (TPSA) is 80.4 Å². The minimum absolute atomic E-state index is 0.0780. The van der Waals surface area contributed by atoms with E-state index in [4.69, 9.17) is 4.55 Å². The van der Waals surface area contributed by atoms with Crippen LogP contribution in [0.5, 0.6) is 0 Å². The lowest BCUT2D eigenvalue weighted by Gasteiger charge is -2.00. The van der Waals surface area contributed by atoms with Gasteiger partial charge >= 0.3 is 0 Å². The van der Waals surface area contributed by atoms with Gasteiger partial charge in [-0.05, 0) is 13.0 Å². The van der Waals surface area contributed by atoms with Crippen molar-refractivity contribution in [2.45, 2.75) is 11.8 Å². The van der Waals surface area contributed by atoms with E-state index in [9.17, 15) is 14.3 Å². The maximum absolute atomic E-state index is 10.7. The number of benzene rings is 1. The Hall–Kier alpha value is -1.27. The Balaban J connectivity index is 3.35. The van der Waals surface area contributed by atoms with Gasteiger partial charge in [0.05, 0.1) is 9.82 Å². The highest BCUT2D eigenvalue weighted by molar-refractivity contribution is 7.79. The van der Waals surface area contributed by atoms with Crippen LogP contribution in [-0.4, -0.2) is 13.7 Å². The fraction of sp³-hybridized carbons (Fsp3) is 0.143. The second kappa shape index (κ2) is 3.63. The van der Waals surface area contributed by atoms with E-state index in [0.717, 1.165) is 0 Å². The molecule has 0 spiro atoms. The fourth-order valence-electron chi connectivity index (χ4n) is 0.990. The summed E-state index contributed by atoms with van der Waals surface area (Å²) >= 11 is -2.17. The molecule has 6 heteroatoms. The van der Waals surface area contributed by atoms with Gasteiger partial charge in [-0.2, -0.15) is 0 Å². The minimum atomic E-state index is -2.17. The van der Waals surface area contributed by atoms with Crippen LogP contribution >= 0.6 is 0 Å². The number of hydrogen-bond donors (Lipinski definition) is 1. The van der Waals surface area contributed by atoms with Crippen LogP contribution in [0.2, 0.25) is 0 Å². The molecule has 70 valence electrons. The zero-order valence-corrected chi connectivity index (χ0v) is 7.58. The molecule has 0 radical (unpaired) electrons. The highest BCUT2D eigenvalue weighted by Gasteiger charge is 2.15. The van der Waals surface area contributed by atoms with Crippen molar-refractivity contribution >= 4 is 16.8 Å². The molecule has 1 N–H and O–H groups in total. The van der Waals surface area contributed by atoms with Crippen LogP contribution in [0.3, 0.4) is 0 Å². The lowest BCUT2D eigenvalue weighted by molar-refractivity contribution is -0.385. The monoisotopic (exact) mass is 201 g/mol. The third-order valence-electron chi connectivity index (χ3n) is 1.64. The molecule has 0 bridgehead atoms. The molecule has 0 aliphatic carbocycles. The van der Waals surface area contributed by atoms with Crippen molar-refractivity contribution in [3.63, 3.8) is 0 Å². The fourth-order valence-corrected chi connectivity index (χ4v) is 1.55. The molecular formula is C7H7NO4S. The number of nitro groups is 1. The summed E-state index contributed by atoms with van der Waals surface area (Å²) < 4.78 is 19.4. The van der Waals surface area contributed by atoms with E-state index >= 15 is 0 Å². The molecule has 0 amide bonds. The second-order valence-corrected chi connectivity index (χ2v) is 3.34. The standard InChI is InChI=1S/C7H7NO4S/c1-5-6(8(9)10)3-2-4-7(5)13(11)12/h2-4H,1H3,(H,11,12). The number of nitrogens with zero attached hydrogens (tertiary/aromatic N) is 1. The lowest BCUT2D eigenvalue weighted by atomic mass is 10.2. The molecule has 0 heterocycles. The molecule has 0 aromatic heterocycles. The van der Waals surface area contributed by atoms with Crippen molar-refractivity contribution in [2.75, 3.05) is 0 Å². The lowest BCUT2D eigenvalue weighted by Crippen LogP contribution is -1.97. The first-order valence-electron chi connectivity index (χ1n) is 3.39. The van der Waals surface area contributed by atoms with Crippen LogP contribution in [-0.2, 0) is 11.1 Å². The van der Waals surface area contributed by atoms with E-state index in [1.165, 1.54) is 25.1 Å². The predicted molar refractivity (Wildman–Crippen MR) is 46.9 cm³/mol. The van der Waals surface area contributed by atoms with Gasteiger partial charge in [0.25, 0.3) is 5.69 Å². The summed E-state index contributed by atoms with van der Waals surface area (Å²) in [5, 5.41) is 10.4. The summed E-state index contributed by atoms with van der Waals surface area (Å²) in [6, 6.07) is 4.07. The summed E-state index contributed by atoms with van der Waals surface area (Å²) in [5.74, 6) is 0. The highest BCUT2D eigenvalue weighted by Crippen LogP contribution is 2.22. The minimum Gasteiger partial charge on any atom is -0.302 e. The molecule has 1 unspecified atom stereocenters. The third kappa shape index (κ3) is 1.90. The molecule has 0 fully saturated rings. The summed E-state index contributed by atoms with van der Waals surface area (Å²) in [6.45, 7) is 1.45. The quantitative estimate of drug-likeness (QED) is 0.446. The Morgan fingerprint density at radius 1 is 1.54 bits per heavy atom. The molecule has 0 saturated carbocycles. The smallest absolute Gasteiger partial charge is 0.273 e. The maximum atomic E-state index is 10.7. The van der Waals surface area contributed by atoms with Gasteiger partial charge in [-0.25, -0.2) is 4.21 Å². The zero-order chi connectivity index (χ0) is 10.0. The van der Waals surface area contributed by atoms with E-state index < -0.39 is 16.0 Å². The second-order valence-electron chi connectivity index (χ2n) is 2.41. The Bertz CT molecular complexity index is 345. The van der Waals surface area contributed by atoms with Crippen LogP contribution in [0.1, 0.15) is 5.56 Å². The molecular weight excluding hydrogens is 194 g/mol. The van der Waals surface area contributed by atoms with Gasteiger partial charge < -0.3 is 4.55 Å². The third-order valence-corrected chi connectivity index (χ3v) is 2.46. The van der Waals surface area contributed by atoms with E-state index in [1.54, 1.807) is 0 Å². The Morgan fingerprint density at radius 3 is 2.62 bits per heavy atom.